The Morgan fingerprint density at radius 2 is 1.14 bits per heavy atom. The average Bonchev–Trinajstić information content (AvgIpc) is 0. The van der Waals surface area contributed by atoms with E-state index in [2.05, 4.69) is 0 Å². The standard InChI is InChI=1S/Ba.Cu.In.O.Pb.Sn.Th.9H/q2*+2;;-2;;;;;;;;;;;2*-1. The van der Waals surface area contributed by atoms with Crippen molar-refractivity contribution in [1.29, 1.82) is 0 Å². The van der Waals surface area contributed by atoms with Crippen molar-refractivity contribution in [2.75, 3.05) is 0 Å². The molecule has 0 aromatic rings. The third-order valence-electron chi connectivity index (χ3n) is 0. The quantitative estimate of drug-likeness (QED) is 0.229. The molecular weight excluding hydrogens is 890 g/mol. The molecule has 5 radical (unpaired) electrons. The van der Waals surface area contributed by atoms with E-state index in [4.69, 9.17) is 0 Å². The van der Waals surface area contributed by atoms with E-state index in [0.717, 1.165) is 0 Å². The van der Waals surface area contributed by atoms with Crippen LogP contribution in [0.3, 0.4) is 0 Å². The Labute approximate surface area is 185 Å². The van der Waals surface area contributed by atoms with E-state index < -0.39 is 0 Å². The third kappa shape index (κ3) is 33.4. The van der Waals surface area contributed by atoms with Gasteiger partial charge in [0.15, 0.2) is 0 Å². The van der Waals surface area contributed by atoms with Gasteiger partial charge in [-0.3, -0.25) is 0 Å². The van der Waals surface area contributed by atoms with Crippen molar-refractivity contribution < 1.29 is 65.3 Å². The molecule has 1 nitrogen and oxygen atoms in total. The summed E-state index contributed by atoms with van der Waals surface area (Å²) in [4.78, 5) is 0. The van der Waals surface area contributed by atoms with Crippen molar-refractivity contribution >= 4 is 126 Å². The van der Waals surface area contributed by atoms with Gasteiger partial charge in [-0.1, -0.05) is 0 Å². The van der Waals surface area contributed by atoms with Crippen LogP contribution in [0.25, 0.3) is 0 Å². The first kappa shape index (κ1) is 52.2. The van der Waals surface area contributed by atoms with Crippen LogP contribution in [0.4, 0.5) is 0 Å². The zero-order valence-corrected chi connectivity index (χ0v) is 22.4. The van der Waals surface area contributed by atoms with Crippen molar-refractivity contribution in [2.24, 2.45) is 0 Å². The monoisotopic (exact) mass is 901 g/mol. The van der Waals surface area contributed by atoms with Gasteiger partial charge >= 0.3 is 143 Å². The summed E-state index contributed by atoms with van der Waals surface area (Å²) in [7, 11) is 0. The summed E-state index contributed by atoms with van der Waals surface area (Å²) < 4.78 is 0. The molecule has 0 saturated heterocycles. The minimum absolute atomic E-state index is 0. The second-order valence-corrected chi connectivity index (χ2v) is 0. The van der Waals surface area contributed by atoms with Gasteiger partial charge in [-0.05, 0) is 0 Å². The van der Waals surface area contributed by atoms with Crippen LogP contribution in [0, 0.1) is 39.9 Å². The second-order valence-electron chi connectivity index (χ2n) is 0. The zero-order chi connectivity index (χ0) is 0. The van der Waals surface area contributed by atoms with Crippen LogP contribution in [0.1, 0.15) is 2.85 Å². The molecule has 0 rings (SSSR count). The normalized spacial score (nSPS) is 0. The minimum atomic E-state index is 0. The van der Waals surface area contributed by atoms with Crippen LogP contribution in [0.2, 0.25) is 0 Å². The Morgan fingerprint density at radius 1 is 1.14 bits per heavy atom. The van der Waals surface area contributed by atoms with Gasteiger partial charge < -0.3 is 8.33 Å². The number of hydrogen-bond donors (Lipinski definition) is 0. The van der Waals surface area contributed by atoms with Gasteiger partial charge in [0.25, 0.3) is 0 Å². The van der Waals surface area contributed by atoms with Gasteiger partial charge in [-0.2, -0.15) is 0 Å². The van der Waals surface area contributed by atoms with E-state index in [9.17, 15) is 0 Å². The predicted molar refractivity (Wildman–Crippen MR) is 35.7 cm³/mol. The molecule has 0 N–H and O–H groups in total. The van der Waals surface area contributed by atoms with Gasteiger partial charge in [0.1, 0.15) is 0 Å². The summed E-state index contributed by atoms with van der Waals surface area (Å²) >= 11 is 0. The maximum absolute atomic E-state index is 0. The van der Waals surface area contributed by atoms with Gasteiger partial charge in [0.05, 0.1) is 0 Å². The Hall–Kier alpha value is 5.97. The molecule has 7 heteroatoms. The van der Waals surface area contributed by atoms with Crippen molar-refractivity contribution in [3.63, 3.8) is 0 Å². The molecule has 0 heterocycles. The molecule has 0 aromatic carbocycles. The fourth-order valence-electron chi connectivity index (χ4n) is 0. The van der Waals surface area contributed by atoms with E-state index >= 15 is 0 Å². The summed E-state index contributed by atoms with van der Waals surface area (Å²) in [5.41, 5.74) is 0. The van der Waals surface area contributed by atoms with Gasteiger partial charge in [-0.15, -0.1) is 0 Å². The van der Waals surface area contributed by atoms with Crippen molar-refractivity contribution in [3.05, 3.63) is 0 Å². The molecule has 0 aliphatic heterocycles. The van der Waals surface area contributed by atoms with E-state index in [1.54, 1.807) is 0 Å². The van der Waals surface area contributed by atoms with Crippen LogP contribution < -0.4 is 0 Å². The predicted octanol–water partition coefficient (Wildman–Crippen LogP) is -3.29. The molecule has 0 aliphatic rings. The average molecular weight is 899 g/mol. The maximum atomic E-state index is 0. The molecule has 7 heavy (non-hydrogen) atoms. The Bertz CT molecular complexity index is 26.5. The molecule has 0 spiro atoms. The molecule has 0 atom stereocenters. The molecule has 43 valence electrons. The van der Waals surface area contributed by atoms with Gasteiger partial charge in [0.2, 0.25) is 0 Å². The molecule has 0 bridgehead atoms. The van der Waals surface area contributed by atoms with E-state index in [1.165, 1.54) is 0 Å². The largest absolute Gasteiger partial charge is 0 e. The number of rotatable bonds is 0. The Balaban J connectivity index is 0. The van der Waals surface area contributed by atoms with Crippen LogP contribution in [-0.4, -0.2) is 126 Å². The van der Waals surface area contributed by atoms with Crippen LogP contribution in [-0.2, 0) is 22.5 Å². The van der Waals surface area contributed by atoms with Crippen molar-refractivity contribution in [2.45, 2.75) is 0 Å². The Morgan fingerprint density at radius 3 is 1.14 bits per heavy atom. The Kier molecular flexibility index (Phi) is 301. The fraction of sp³-hybridized carbons (Fsp3) is 0. The van der Waals surface area contributed by atoms with Crippen molar-refractivity contribution in [3.8, 4) is 0 Å². The summed E-state index contributed by atoms with van der Waals surface area (Å²) in [6, 6.07) is 0. The molecular formula is H9BaCuInOPbSnTh. The summed E-state index contributed by atoms with van der Waals surface area (Å²) in [6.45, 7) is 0. The minimum Gasteiger partial charge on any atom is 0 e. The van der Waals surface area contributed by atoms with Crippen molar-refractivity contribution in [1.82, 2.24) is 0 Å². The van der Waals surface area contributed by atoms with Gasteiger partial charge in [0, 0.05) is 39.9 Å². The molecule has 0 aromatic heterocycles. The first-order valence-corrected chi connectivity index (χ1v) is 0. The van der Waals surface area contributed by atoms with E-state index in [1.807, 2.05) is 0 Å². The molecule has 0 fully saturated rings. The van der Waals surface area contributed by atoms with Crippen LogP contribution >= 0.6 is 0 Å². The summed E-state index contributed by atoms with van der Waals surface area (Å²) in [5, 5.41) is 0. The molecule has 0 amide bonds. The van der Waals surface area contributed by atoms with E-state index in [-0.39, 0.29) is 191 Å². The third-order valence-corrected chi connectivity index (χ3v) is 0. The topological polar surface area (TPSA) is 28.5 Å². The zero-order valence-electron chi connectivity index (χ0n) is 5.33. The first-order chi connectivity index (χ1) is 0. The van der Waals surface area contributed by atoms with E-state index in [0.29, 0.717) is 0 Å². The van der Waals surface area contributed by atoms with Crippen LogP contribution in [0.15, 0.2) is 0 Å². The SMILES string of the molecule is [Ba+2].[Cu+2].[H-].[H-].[InH3].[O-2].[PbH2].[SnH2].[Th]. The van der Waals surface area contributed by atoms with Crippen LogP contribution in [0.5, 0.6) is 0 Å². The number of hydrogen-bond acceptors (Lipinski definition) is 0. The summed E-state index contributed by atoms with van der Waals surface area (Å²) in [5.74, 6) is 0. The fourth-order valence-corrected chi connectivity index (χ4v) is 0. The first-order valence-electron chi connectivity index (χ1n) is 0. The molecule has 0 saturated carbocycles. The van der Waals surface area contributed by atoms with Gasteiger partial charge in [-0.25, -0.2) is 0 Å². The maximum Gasteiger partial charge on any atom is 0 e. The molecule has 0 unspecified atom stereocenters. The second kappa shape index (κ2) is 40.4. The smallest absolute Gasteiger partial charge is 0 e. The molecule has 0 aliphatic carbocycles. The summed E-state index contributed by atoms with van der Waals surface area (Å²) in [6.07, 6.45) is 0.